The summed E-state index contributed by atoms with van der Waals surface area (Å²) in [7, 11) is 0. The lowest BCUT2D eigenvalue weighted by Crippen LogP contribution is -2.51. The molecule has 2 rings (SSSR count). The van der Waals surface area contributed by atoms with E-state index in [2.05, 4.69) is 49.3 Å². The molecule has 18 heavy (non-hydrogen) atoms. The summed E-state index contributed by atoms with van der Waals surface area (Å²) in [5.74, 6) is 0. The van der Waals surface area contributed by atoms with E-state index in [4.69, 9.17) is 4.74 Å². The van der Waals surface area contributed by atoms with Gasteiger partial charge in [0.25, 0.3) is 0 Å². The third-order valence-electron chi connectivity index (χ3n) is 3.66. The van der Waals surface area contributed by atoms with Crippen LogP contribution in [-0.4, -0.2) is 43.0 Å². The molecule has 0 saturated carbocycles. The maximum Gasteiger partial charge on any atom is 0.0594 e. The van der Waals surface area contributed by atoms with Gasteiger partial charge in [-0.1, -0.05) is 12.1 Å². The van der Waals surface area contributed by atoms with Crippen molar-refractivity contribution in [1.82, 2.24) is 4.90 Å². The normalized spacial score (nSPS) is 17.9. The lowest BCUT2D eigenvalue weighted by molar-refractivity contribution is -0.00984. The fraction of sp³-hybridized carbons (Fsp3) is 0.600. The van der Waals surface area contributed by atoms with Crippen LogP contribution in [0, 0.1) is 0 Å². The van der Waals surface area contributed by atoms with Crippen LogP contribution in [0.25, 0.3) is 0 Å². The van der Waals surface area contributed by atoms with Crippen LogP contribution in [0.1, 0.15) is 19.4 Å². The van der Waals surface area contributed by atoms with Crippen molar-refractivity contribution in [3.05, 3.63) is 29.8 Å². The Hall–Kier alpha value is -0.510. The second-order valence-electron chi connectivity index (χ2n) is 5.44. The van der Waals surface area contributed by atoms with Crippen LogP contribution >= 0.6 is 11.8 Å². The molecule has 0 unspecified atom stereocenters. The lowest BCUT2D eigenvalue weighted by atomic mass is 9.92. The van der Waals surface area contributed by atoms with Crippen LogP contribution in [0.4, 0.5) is 0 Å². The van der Waals surface area contributed by atoms with E-state index in [0.29, 0.717) is 0 Å². The van der Waals surface area contributed by atoms with E-state index >= 15 is 0 Å². The molecule has 0 atom stereocenters. The van der Waals surface area contributed by atoms with Gasteiger partial charge < -0.3 is 4.74 Å². The van der Waals surface area contributed by atoms with Crippen molar-refractivity contribution in [3.63, 3.8) is 0 Å². The highest BCUT2D eigenvalue weighted by molar-refractivity contribution is 7.98. The first kappa shape index (κ1) is 13.9. The van der Waals surface area contributed by atoms with Crippen molar-refractivity contribution in [1.29, 1.82) is 0 Å². The number of rotatable bonds is 4. The zero-order valence-corrected chi connectivity index (χ0v) is 12.4. The second-order valence-corrected chi connectivity index (χ2v) is 6.32. The summed E-state index contributed by atoms with van der Waals surface area (Å²) in [6, 6.07) is 8.95. The number of nitrogens with zero attached hydrogens (tertiary/aromatic N) is 1. The molecule has 0 radical (unpaired) electrons. The van der Waals surface area contributed by atoms with Gasteiger partial charge in [0.2, 0.25) is 0 Å². The molecule has 1 fully saturated rings. The van der Waals surface area contributed by atoms with Crippen molar-refractivity contribution < 1.29 is 4.74 Å². The highest BCUT2D eigenvalue weighted by Gasteiger charge is 2.28. The minimum atomic E-state index is 0.213. The molecule has 1 aliphatic heterocycles. The monoisotopic (exact) mass is 265 g/mol. The van der Waals surface area contributed by atoms with Gasteiger partial charge in [-0.2, -0.15) is 0 Å². The summed E-state index contributed by atoms with van der Waals surface area (Å²) in [5, 5.41) is 0. The van der Waals surface area contributed by atoms with Crippen molar-refractivity contribution in [3.8, 4) is 0 Å². The molecule has 0 amide bonds. The minimum Gasteiger partial charge on any atom is -0.379 e. The highest BCUT2D eigenvalue weighted by Crippen LogP contribution is 2.23. The van der Waals surface area contributed by atoms with E-state index in [1.807, 2.05) is 0 Å². The van der Waals surface area contributed by atoms with Gasteiger partial charge in [0.15, 0.2) is 0 Å². The molecule has 1 aromatic carbocycles. The first-order valence-electron chi connectivity index (χ1n) is 6.57. The SMILES string of the molecule is CSc1ccc(CC(C)(C)N2CCOCC2)cc1. The first-order chi connectivity index (χ1) is 8.62. The zero-order valence-electron chi connectivity index (χ0n) is 11.6. The van der Waals surface area contributed by atoms with Gasteiger partial charge in [-0.3, -0.25) is 4.90 Å². The molecule has 0 N–H and O–H groups in total. The molecule has 1 aromatic rings. The van der Waals surface area contributed by atoms with Crippen LogP contribution in [0.2, 0.25) is 0 Å². The third kappa shape index (κ3) is 3.50. The summed E-state index contributed by atoms with van der Waals surface area (Å²) in [6.07, 6.45) is 3.22. The van der Waals surface area contributed by atoms with Gasteiger partial charge in [0, 0.05) is 23.5 Å². The van der Waals surface area contributed by atoms with Crippen molar-refractivity contribution in [2.24, 2.45) is 0 Å². The molecular formula is C15H23NOS. The van der Waals surface area contributed by atoms with Crippen LogP contribution in [0.3, 0.4) is 0 Å². The van der Waals surface area contributed by atoms with Crippen molar-refractivity contribution >= 4 is 11.8 Å². The molecule has 100 valence electrons. The molecule has 0 bridgehead atoms. The maximum absolute atomic E-state index is 5.43. The Morgan fingerprint density at radius 2 is 1.78 bits per heavy atom. The quantitative estimate of drug-likeness (QED) is 0.776. The van der Waals surface area contributed by atoms with Gasteiger partial charge >= 0.3 is 0 Å². The Morgan fingerprint density at radius 1 is 1.17 bits per heavy atom. The molecule has 1 heterocycles. The number of ether oxygens (including phenoxy) is 1. The Morgan fingerprint density at radius 3 is 2.33 bits per heavy atom. The average Bonchev–Trinajstić information content (AvgIpc) is 2.40. The Balaban J connectivity index is 2.01. The summed E-state index contributed by atoms with van der Waals surface area (Å²) in [5.41, 5.74) is 1.63. The van der Waals surface area contributed by atoms with Crippen molar-refractivity contribution in [2.75, 3.05) is 32.6 Å². The molecule has 1 saturated heterocycles. The fourth-order valence-corrected chi connectivity index (χ4v) is 2.93. The first-order valence-corrected chi connectivity index (χ1v) is 7.80. The predicted molar refractivity (Wildman–Crippen MR) is 78.4 cm³/mol. The van der Waals surface area contributed by atoms with Gasteiger partial charge in [-0.15, -0.1) is 11.8 Å². The molecule has 3 heteroatoms. The van der Waals surface area contributed by atoms with E-state index in [0.717, 1.165) is 32.7 Å². The summed E-state index contributed by atoms with van der Waals surface area (Å²) in [4.78, 5) is 3.88. The smallest absolute Gasteiger partial charge is 0.0594 e. The van der Waals surface area contributed by atoms with E-state index in [9.17, 15) is 0 Å². The number of benzene rings is 1. The topological polar surface area (TPSA) is 12.5 Å². The number of hydrogen-bond acceptors (Lipinski definition) is 3. The number of hydrogen-bond donors (Lipinski definition) is 0. The van der Waals surface area contributed by atoms with Gasteiger partial charge in [-0.25, -0.2) is 0 Å². The van der Waals surface area contributed by atoms with Gasteiger partial charge in [-0.05, 0) is 44.2 Å². The maximum atomic E-state index is 5.43. The van der Waals surface area contributed by atoms with Crippen LogP contribution in [-0.2, 0) is 11.2 Å². The molecular weight excluding hydrogens is 242 g/mol. The molecule has 0 aromatic heterocycles. The van der Waals surface area contributed by atoms with Gasteiger partial charge in [0.1, 0.15) is 0 Å². The van der Waals surface area contributed by atoms with E-state index < -0.39 is 0 Å². The Labute approximate surface area is 115 Å². The van der Waals surface area contributed by atoms with E-state index in [1.54, 1.807) is 11.8 Å². The third-order valence-corrected chi connectivity index (χ3v) is 4.41. The molecule has 2 nitrogen and oxygen atoms in total. The van der Waals surface area contributed by atoms with Crippen LogP contribution in [0.15, 0.2) is 29.2 Å². The largest absolute Gasteiger partial charge is 0.379 e. The summed E-state index contributed by atoms with van der Waals surface area (Å²) >= 11 is 1.80. The summed E-state index contributed by atoms with van der Waals surface area (Å²) in [6.45, 7) is 8.51. The lowest BCUT2D eigenvalue weighted by Gasteiger charge is -2.41. The standard InChI is InChI=1S/C15H23NOS/c1-15(2,16-8-10-17-11-9-16)12-13-4-6-14(18-3)7-5-13/h4-7H,8-12H2,1-3H3. The van der Waals surface area contributed by atoms with Crippen LogP contribution < -0.4 is 0 Å². The number of thioether (sulfide) groups is 1. The molecule has 0 spiro atoms. The molecule has 0 aliphatic carbocycles. The van der Waals surface area contributed by atoms with Crippen LogP contribution in [0.5, 0.6) is 0 Å². The highest BCUT2D eigenvalue weighted by atomic mass is 32.2. The predicted octanol–water partition coefficient (Wildman–Crippen LogP) is 3.06. The average molecular weight is 265 g/mol. The van der Waals surface area contributed by atoms with E-state index in [-0.39, 0.29) is 5.54 Å². The van der Waals surface area contributed by atoms with Crippen molar-refractivity contribution in [2.45, 2.75) is 30.7 Å². The number of morpholine rings is 1. The Bertz CT molecular complexity index is 369. The fourth-order valence-electron chi connectivity index (χ4n) is 2.52. The Kier molecular flexibility index (Phi) is 4.71. The molecule has 1 aliphatic rings. The second kappa shape index (κ2) is 6.09. The minimum absolute atomic E-state index is 0.213. The van der Waals surface area contributed by atoms with Gasteiger partial charge in [0.05, 0.1) is 13.2 Å². The van der Waals surface area contributed by atoms with E-state index in [1.165, 1.54) is 10.5 Å². The summed E-state index contributed by atoms with van der Waals surface area (Å²) < 4.78 is 5.43. The zero-order chi connectivity index (χ0) is 13.0.